The minimum atomic E-state index is 0.107. The van der Waals surface area contributed by atoms with Gasteiger partial charge in [-0.15, -0.1) is 6.58 Å². The summed E-state index contributed by atoms with van der Waals surface area (Å²) in [7, 11) is 1.58. The summed E-state index contributed by atoms with van der Waals surface area (Å²) in [5, 5.41) is 0. The topological polar surface area (TPSA) is 26.3 Å². The minimum Gasteiger partial charge on any atom is -0.496 e. The average molecular weight is 204 g/mol. The van der Waals surface area contributed by atoms with E-state index in [4.69, 9.17) is 4.74 Å². The summed E-state index contributed by atoms with van der Waals surface area (Å²) in [4.78, 5) is 11.8. The fourth-order valence-corrected chi connectivity index (χ4v) is 1.41. The number of carbonyl (C=O) groups excluding carboxylic acids is 1. The number of benzene rings is 1. The second-order valence-electron chi connectivity index (χ2n) is 3.45. The summed E-state index contributed by atoms with van der Waals surface area (Å²) in [6.45, 7) is 5.57. The molecule has 1 aromatic rings. The molecule has 0 aliphatic rings. The van der Waals surface area contributed by atoms with Gasteiger partial charge in [0, 0.05) is 6.42 Å². The fraction of sp³-hybridized carbons (Fsp3) is 0.308. The van der Waals surface area contributed by atoms with Crippen LogP contribution in [0.4, 0.5) is 0 Å². The average Bonchev–Trinajstić information content (AvgIpc) is 2.25. The highest BCUT2D eigenvalue weighted by atomic mass is 16.5. The van der Waals surface area contributed by atoms with E-state index in [1.807, 2.05) is 25.1 Å². The molecule has 0 radical (unpaired) electrons. The van der Waals surface area contributed by atoms with E-state index in [0.29, 0.717) is 24.2 Å². The molecule has 15 heavy (non-hydrogen) atoms. The molecule has 0 amide bonds. The summed E-state index contributed by atoms with van der Waals surface area (Å²) in [5.41, 5.74) is 1.73. The Morgan fingerprint density at radius 3 is 2.87 bits per heavy atom. The van der Waals surface area contributed by atoms with Gasteiger partial charge in [-0.3, -0.25) is 4.79 Å². The van der Waals surface area contributed by atoms with Gasteiger partial charge < -0.3 is 4.74 Å². The van der Waals surface area contributed by atoms with Crippen molar-refractivity contribution in [1.82, 2.24) is 0 Å². The lowest BCUT2D eigenvalue weighted by Gasteiger charge is -2.07. The smallest absolute Gasteiger partial charge is 0.166 e. The van der Waals surface area contributed by atoms with Crippen molar-refractivity contribution in [2.45, 2.75) is 19.8 Å². The van der Waals surface area contributed by atoms with Crippen LogP contribution in [0.3, 0.4) is 0 Å². The van der Waals surface area contributed by atoms with Crippen molar-refractivity contribution in [3.8, 4) is 5.75 Å². The van der Waals surface area contributed by atoms with Gasteiger partial charge in [-0.2, -0.15) is 0 Å². The number of allylic oxidation sites excluding steroid dienone is 1. The summed E-state index contributed by atoms with van der Waals surface area (Å²) >= 11 is 0. The molecular weight excluding hydrogens is 188 g/mol. The van der Waals surface area contributed by atoms with E-state index in [1.54, 1.807) is 13.2 Å². The number of carbonyl (C=O) groups is 1. The first kappa shape index (κ1) is 11.5. The van der Waals surface area contributed by atoms with Crippen LogP contribution in [0.15, 0.2) is 30.9 Å². The second kappa shape index (κ2) is 5.35. The first-order valence-electron chi connectivity index (χ1n) is 4.97. The Balaban J connectivity index is 2.94. The van der Waals surface area contributed by atoms with Gasteiger partial charge in [0.2, 0.25) is 0 Å². The van der Waals surface area contributed by atoms with E-state index in [1.165, 1.54) is 0 Å². The molecule has 0 saturated carbocycles. The molecule has 80 valence electrons. The molecule has 0 unspecified atom stereocenters. The van der Waals surface area contributed by atoms with Gasteiger partial charge in [-0.1, -0.05) is 17.7 Å². The van der Waals surface area contributed by atoms with Crippen molar-refractivity contribution in [2.24, 2.45) is 0 Å². The fourth-order valence-electron chi connectivity index (χ4n) is 1.41. The lowest BCUT2D eigenvalue weighted by Crippen LogP contribution is -2.02. The molecule has 2 heteroatoms. The van der Waals surface area contributed by atoms with Crippen LogP contribution in [-0.4, -0.2) is 12.9 Å². The maximum absolute atomic E-state index is 11.8. The first-order chi connectivity index (χ1) is 7.19. The van der Waals surface area contributed by atoms with Crippen LogP contribution in [0.5, 0.6) is 5.75 Å². The quantitative estimate of drug-likeness (QED) is 0.544. The number of ketones is 1. The summed E-state index contributed by atoms with van der Waals surface area (Å²) < 4.78 is 5.15. The highest BCUT2D eigenvalue weighted by Gasteiger charge is 2.11. The summed E-state index contributed by atoms with van der Waals surface area (Å²) in [6.07, 6.45) is 2.94. The molecule has 0 aromatic heterocycles. The molecular formula is C13H16O2. The van der Waals surface area contributed by atoms with Crippen LogP contribution < -0.4 is 4.74 Å². The number of methoxy groups -OCH3 is 1. The Hall–Kier alpha value is -1.57. The maximum atomic E-state index is 11.8. The van der Waals surface area contributed by atoms with Gasteiger partial charge in [0.05, 0.1) is 12.7 Å². The predicted octanol–water partition coefficient (Wildman–Crippen LogP) is 3.15. The molecule has 0 aliphatic heterocycles. The zero-order valence-corrected chi connectivity index (χ0v) is 9.25. The third kappa shape index (κ3) is 2.94. The van der Waals surface area contributed by atoms with E-state index in [0.717, 1.165) is 5.56 Å². The van der Waals surface area contributed by atoms with Gasteiger partial charge in [0.1, 0.15) is 5.75 Å². The zero-order chi connectivity index (χ0) is 11.3. The number of hydrogen-bond donors (Lipinski definition) is 0. The summed E-state index contributed by atoms with van der Waals surface area (Å²) in [6, 6.07) is 5.63. The van der Waals surface area contributed by atoms with Crippen molar-refractivity contribution in [3.63, 3.8) is 0 Å². The molecule has 0 heterocycles. The van der Waals surface area contributed by atoms with Crippen molar-refractivity contribution in [2.75, 3.05) is 7.11 Å². The van der Waals surface area contributed by atoms with Crippen LogP contribution in [-0.2, 0) is 0 Å². The van der Waals surface area contributed by atoms with Gasteiger partial charge in [0.25, 0.3) is 0 Å². The largest absolute Gasteiger partial charge is 0.496 e. The number of aryl methyl sites for hydroxylation is 1. The van der Waals surface area contributed by atoms with E-state index in [2.05, 4.69) is 6.58 Å². The monoisotopic (exact) mass is 204 g/mol. The SMILES string of the molecule is C=CCCC(=O)c1cc(C)ccc1OC. The molecule has 2 nitrogen and oxygen atoms in total. The highest BCUT2D eigenvalue weighted by molar-refractivity contribution is 5.98. The van der Waals surface area contributed by atoms with Crippen LogP contribution >= 0.6 is 0 Å². The van der Waals surface area contributed by atoms with Gasteiger partial charge in [0.15, 0.2) is 5.78 Å². The molecule has 0 saturated heterocycles. The normalized spacial score (nSPS) is 9.73. The lowest BCUT2D eigenvalue weighted by molar-refractivity contribution is 0.0980. The van der Waals surface area contributed by atoms with Gasteiger partial charge in [-0.05, 0) is 25.5 Å². The lowest BCUT2D eigenvalue weighted by atomic mass is 10.0. The van der Waals surface area contributed by atoms with Crippen molar-refractivity contribution in [1.29, 1.82) is 0 Å². The van der Waals surface area contributed by atoms with Crippen LogP contribution in [0.1, 0.15) is 28.8 Å². The number of ether oxygens (including phenoxy) is 1. The van der Waals surface area contributed by atoms with E-state index < -0.39 is 0 Å². The molecule has 1 aromatic carbocycles. The van der Waals surface area contributed by atoms with Crippen molar-refractivity contribution in [3.05, 3.63) is 42.0 Å². The standard InChI is InChI=1S/C13H16O2/c1-4-5-6-12(14)11-9-10(2)7-8-13(11)15-3/h4,7-9H,1,5-6H2,2-3H3. The summed E-state index contributed by atoms with van der Waals surface area (Å²) in [5.74, 6) is 0.755. The molecule has 0 aliphatic carbocycles. The molecule has 0 bridgehead atoms. The van der Waals surface area contributed by atoms with Crippen molar-refractivity contribution >= 4 is 5.78 Å². The number of hydrogen-bond acceptors (Lipinski definition) is 2. The highest BCUT2D eigenvalue weighted by Crippen LogP contribution is 2.21. The van der Waals surface area contributed by atoms with E-state index in [9.17, 15) is 4.79 Å². The Morgan fingerprint density at radius 1 is 1.53 bits per heavy atom. The molecule has 0 N–H and O–H groups in total. The molecule has 0 fully saturated rings. The number of Topliss-reactive ketones (excluding diaryl/α,β-unsaturated/α-hetero) is 1. The second-order valence-corrected chi connectivity index (χ2v) is 3.45. The molecule has 0 spiro atoms. The Morgan fingerprint density at radius 2 is 2.27 bits per heavy atom. The Labute approximate surface area is 90.6 Å². The Bertz CT molecular complexity index is 367. The Kier molecular flexibility index (Phi) is 4.10. The third-order valence-electron chi connectivity index (χ3n) is 2.23. The van der Waals surface area contributed by atoms with Crippen LogP contribution in [0.2, 0.25) is 0 Å². The number of rotatable bonds is 5. The first-order valence-corrected chi connectivity index (χ1v) is 4.97. The maximum Gasteiger partial charge on any atom is 0.166 e. The van der Waals surface area contributed by atoms with Gasteiger partial charge in [-0.25, -0.2) is 0 Å². The van der Waals surface area contributed by atoms with Gasteiger partial charge >= 0.3 is 0 Å². The van der Waals surface area contributed by atoms with Crippen LogP contribution in [0.25, 0.3) is 0 Å². The molecule has 1 rings (SSSR count). The van der Waals surface area contributed by atoms with E-state index >= 15 is 0 Å². The minimum absolute atomic E-state index is 0.107. The van der Waals surface area contributed by atoms with E-state index in [-0.39, 0.29) is 5.78 Å². The van der Waals surface area contributed by atoms with Crippen LogP contribution in [0, 0.1) is 6.92 Å². The predicted molar refractivity (Wildman–Crippen MR) is 61.5 cm³/mol. The van der Waals surface area contributed by atoms with Crippen molar-refractivity contribution < 1.29 is 9.53 Å². The zero-order valence-electron chi connectivity index (χ0n) is 9.25. The molecule has 0 atom stereocenters. The third-order valence-corrected chi connectivity index (χ3v) is 2.23.